The smallest absolute Gasteiger partial charge is 0.263 e. The van der Waals surface area contributed by atoms with Crippen LogP contribution in [0.2, 0.25) is 10.0 Å². The molecule has 6 rings (SSSR count). The van der Waals surface area contributed by atoms with Crippen LogP contribution in [0.25, 0.3) is 21.3 Å². The van der Waals surface area contributed by atoms with Crippen LogP contribution in [0.5, 0.6) is 11.5 Å². The number of pyridine rings is 1. The fourth-order valence-electron chi connectivity index (χ4n) is 5.49. The van der Waals surface area contributed by atoms with Crippen LogP contribution in [-0.2, 0) is 11.4 Å². The summed E-state index contributed by atoms with van der Waals surface area (Å²) in [6.07, 6.45) is 1.74. The van der Waals surface area contributed by atoms with Gasteiger partial charge in [0.2, 0.25) is 0 Å². The predicted molar refractivity (Wildman–Crippen MR) is 193 cm³/mol. The molecule has 0 aliphatic heterocycles. The third-order valence-electron chi connectivity index (χ3n) is 7.94. The molecule has 47 heavy (non-hydrogen) atoms. The first-order valence-corrected chi connectivity index (χ1v) is 16.9. The highest BCUT2D eigenvalue weighted by Gasteiger charge is 2.32. The number of amides is 1. The van der Waals surface area contributed by atoms with Crippen molar-refractivity contribution in [1.29, 1.82) is 0 Å². The van der Waals surface area contributed by atoms with Gasteiger partial charge < -0.3 is 14.8 Å². The standard InChI is InChI=1S/C39H34Cl2N2O3S/c1-25-14-19-35(47-25)28-12-7-11-27(21-28)33(23-43-38(44)39(2,3)46-30-17-15-29(40)16-18-30)32-22-34(41)31-13-8-20-42-36(31)37(32)45-24-26-9-5-4-6-10-26/h4-22,33H,23-24H2,1-3H3,(H,43,44). The van der Waals surface area contributed by atoms with E-state index in [0.717, 1.165) is 27.6 Å². The number of carbonyl (C=O) groups is 1. The quantitative estimate of drug-likeness (QED) is 0.148. The van der Waals surface area contributed by atoms with E-state index in [-0.39, 0.29) is 18.4 Å². The van der Waals surface area contributed by atoms with E-state index in [9.17, 15) is 4.79 Å². The SMILES string of the molecule is Cc1ccc(-c2cccc(C(CNC(=O)C(C)(C)Oc3ccc(Cl)cc3)c3cc(Cl)c4cccnc4c3OCc3ccccc3)c2)s1. The van der Waals surface area contributed by atoms with E-state index in [1.165, 1.54) is 9.75 Å². The van der Waals surface area contributed by atoms with Gasteiger partial charge in [-0.15, -0.1) is 11.3 Å². The van der Waals surface area contributed by atoms with E-state index in [0.29, 0.717) is 33.7 Å². The van der Waals surface area contributed by atoms with E-state index < -0.39 is 5.60 Å². The number of nitrogens with zero attached hydrogens (tertiary/aromatic N) is 1. The Morgan fingerprint density at radius 1 is 0.915 bits per heavy atom. The molecule has 4 aromatic carbocycles. The van der Waals surface area contributed by atoms with Gasteiger partial charge >= 0.3 is 0 Å². The second-order valence-corrected chi connectivity index (χ2v) is 13.9. The molecule has 1 atom stereocenters. The Kier molecular flexibility index (Phi) is 9.83. The lowest BCUT2D eigenvalue weighted by Crippen LogP contribution is -2.47. The zero-order chi connectivity index (χ0) is 33.0. The summed E-state index contributed by atoms with van der Waals surface area (Å²) in [5, 5.41) is 5.12. The Labute approximate surface area is 289 Å². The van der Waals surface area contributed by atoms with Gasteiger partial charge in [-0.05, 0) is 98.1 Å². The summed E-state index contributed by atoms with van der Waals surface area (Å²) < 4.78 is 12.7. The number of halogens is 2. The highest BCUT2D eigenvalue weighted by atomic mass is 35.5. The summed E-state index contributed by atoms with van der Waals surface area (Å²) in [6.45, 7) is 6.20. The number of fused-ring (bicyclic) bond motifs is 1. The summed E-state index contributed by atoms with van der Waals surface area (Å²) >= 11 is 14.7. The molecule has 1 N–H and O–H groups in total. The maximum absolute atomic E-state index is 13.7. The molecule has 0 radical (unpaired) electrons. The molecule has 0 saturated carbocycles. The number of benzene rings is 4. The van der Waals surface area contributed by atoms with Gasteiger partial charge in [0.05, 0.1) is 5.02 Å². The van der Waals surface area contributed by atoms with Crippen LogP contribution in [-0.4, -0.2) is 23.0 Å². The molecule has 1 amide bonds. The average Bonchev–Trinajstić information content (AvgIpc) is 3.52. The first-order valence-electron chi connectivity index (χ1n) is 15.3. The first kappa shape index (κ1) is 32.6. The van der Waals surface area contributed by atoms with Crippen LogP contribution in [0.4, 0.5) is 0 Å². The van der Waals surface area contributed by atoms with Gasteiger partial charge in [0.1, 0.15) is 23.6 Å². The minimum atomic E-state index is -1.16. The molecular formula is C39H34Cl2N2O3S. The van der Waals surface area contributed by atoms with Gasteiger partial charge in [0.25, 0.3) is 5.91 Å². The zero-order valence-electron chi connectivity index (χ0n) is 26.3. The molecule has 0 bridgehead atoms. The molecule has 0 aliphatic rings. The van der Waals surface area contributed by atoms with Crippen molar-refractivity contribution in [3.63, 3.8) is 0 Å². The van der Waals surface area contributed by atoms with Gasteiger partial charge in [-0.3, -0.25) is 9.78 Å². The molecular weight excluding hydrogens is 647 g/mol. The Morgan fingerprint density at radius 3 is 2.45 bits per heavy atom. The molecule has 6 aromatic rings. The van der Waals surface area contributed by atoms with E-state index in [2.05, 4.69) is 42.6 Å². The zero-order valence-corrected chi connectivity index (χ0v) is 28.6. The minimum Gasteiger partial charge on any atom is -0.486 e. The number of rotatable bonds is 11. The summed E-state index contributed by atoms with van der Waals surface area (Å²) in [7, 11) is 0. The number of ether oxygens (including phenoxy) is 2. The van der Waals surface area contributed by atoms with E-state index in [1.54, 1.807) is 55.6 Å². The molecule has 2 aromatic heterocycles. The van der Waals surface area contributed by atoms with Crippen molar-refractivity contribution >= 4 is 51.3 Å². The molecule has 0 spiro atoms. The summed E-state index contributed by atoms with van der Waals surface area (Å²) in [6, 6.07) is 35.4. The molecule has 0 saturated heterocycles. The van der Waals surface area contributed by atoms with Crippen molar-refractivity contribution < 1.29 is 14.3 Å². The Balaban J connectivity index is 1.41. The van der Waals surface area contributed by atoms with E-state index in [1.807, 2.05) is 54.6 Å². The van der Waals surface area contributed by atoms with Crippen molar-refractivity contribution in [3.05, 3.63) is 147 Å². The van der Waals surface area contributed by atoms with Crippen molar-refractivity contribution in [3.8, 4) is 21.9 Å². The third kappa shape index (κ3) is 7.62. The van der Waals surface area contributed by atoms with Gasteiger partial charge in [0.15, 0.2) is 5.60 Å². The molecule has 0 fully saturated rings. The topological polar surface area (TPSA) is 60.5 Å². The molecule has 0 aliphatic carbocycles. The van der Waals surface area contributed by atoms with Crippen molar-refractivity contribution in [2.24, 2.45) is 0 Å². The van der Waals surface area contributed by atoms with Crippen molar-refractivity contribution in [2.45, 2.75) is 38.9 Å². The van der Waals surface area contributed by atoms with Crippen LogP contribution in [0.1, 0.15) is 41.3 Å². The number of thiophene rings is 1. The van der Waals surface area contributed by atoms with Crippen LogP contribution >= 0.6 is 34.5 Å². The van der Waals surface area contributed by atoms with Crippen LogP contribution in [0, 0.1) is 6.92 Å². The highest BCUT2D eigenvalue weighted by Crippen LogP contribution is 2.41. The summed E-state index contributed by atoms with van der Waals surface area (Å²) in [5.74, 6) is 0.580. The second-order valence-electron chi connectivity index (χ2n) is 11.8. The van der Waals surface area contributed by atoms with Crippen molar-refractivity contribution in [2.75, 3.05) is 6.54 Å². The minimum absolute atomic E-state index is 0.259. The fourth-order valence-corrected chi connectivity index (χ4v) is 6.75. The van der Waals surface area contributed by atoms with E-state index in [4.69, 9.17) is 37.7 Å². The van der Waals surface area contributed by atoms with E-state index >= 15 is 0 Å². The maximum Gasteiger partial charge on any atom is 0.263 e. The average molecular weight is 682 g/mol. The van der Waals surface area contributed by atoms with Gasteiger partial charge in [-0.25, -0.2) is 0 Å². The number of aromatic nitrogens is 1. The van der Waals surface area contributed by atoms with Crippen LogP contribution < -0.4 is 14.8 Å². The monoisotopic (exact) mass is 680 g/mol. The largest absolute Gasteiger partial charge is 0.486 e. The van der Waals surface area contributed by atoms with Gasteiger partial charge in [-0.2, -0.15) is 0 Å². The lowest BCUT2D eigenvalue weighted by Gasteiger charge is -2.28. The molecule has 2 heterocycles. The molecule has 5 nitrogen and oxygen atoms in total. The molecule has 8 heteroatoms. The second kappa shape index (κ2) is 14.2. The number of aryl methyl sites for hydroxylation is 1. The maximum atomic E-state index is 13.7. The Hall–Kier alpha value is -4.36. The molecule has 238 valence electrons. The lowest BCUT2D eigenvalue weighted by molar-refractivity contribution is -0.134. The fraction of sp³-hybridized carbons (Fsp3) is 0.179. The Bertz CT molecular complexity index is 2010. The third-order valence-corrected chi connectivity index (χ3v) is 9.55. The number of nitrogens with one attached hydrogen (secondary N) is 1. The highest BCUT2D eigenvalue weighted by molar-refractivity contribution is 7.15. The number of hydrogen-bond donors (Lipinski definition) is 1. The summed E-state index contributed by atoms with van der Waals surface area (Å²) in [5.41, 5.74) is 3.45. The lowest BCUT2D eigenvalue weighted by atomic mass is 9.88. The Morgan fingerprint density at radius 2 is 1.70 bits per heavy atom. The van der Waals surface area contributed by atoms with Crippen LogP contribution in [0.3, 0.4) is 0 Å². The van der Waals surface area contributed by atoms with Crippen molar-refractivity contribution in [1.82, 2.24) is 10.3 Å². The van der Waals surface area contributed by atoms with Gasteiger partial charge in [-0.1, -0.05) is 71.7 Å². The van der Waals surface area contributed by atoms with Crippen LogP contribution in [0.15, 0.2) is 115 Å². The molecule has 1 unspecified atom stereocenters. The predicted octanol–water partition coefficient (Wildman–Crippen LogP) is 10.3. The van der Waals surface area contributed by atoms with Gasteiger partial charge in [0, 0.05) is 44.4 Å². The normalized spacial score (nSPS) is 12.1. The number of carbonyl (C=O) groups excluding carboxylic acids is 1. The first-order chi connectivity index (χ1) is 22.7. The number of hydrogen-bond acceptors (Lipinski definition) is 5. The summed E-state index contributed by atoms with van der Waals surface area (Å²) in [4.78, 5) is 20.9.